The second-order valence-corrected chi connectivity index (χ2v) is 6.56. The van der Waals surface area contributed by atoms with Gasteiger partial charge in [-0.2, -0.15) is 18.3 Å². The van der Waals surface area contributed by atoms with Crippen LogP contribution in [0.1, 0.15) is 29.2 Å². The number of hydrogen-bond donors (Lipinski definition) is 2. The molecule has 0 saturated heterocycles. The molecule has 1 aromatic carbocycles. The fourth-order valence-corrected chi connectivity index (χ4v) is 3.10. The molecule has 3 rings (SSSR count). The molecule has 0 aliphatic carbocycles. The fourth-order valence-electron chi connectivity index (χ4n) is 3.10. The Morgan fingerprint density at radius 3 is 2.93 bits per heavy atom. The van der Waals surface area contributed by atoms with Gasteiger partial charge in [0.2, 0.25) is 0 Å². The third kappa shape index (κ3) is 5.00. The summed E-state index contributed by atoms with van der Waals surface area (Å²) in [5.41, 5.74) is -0.128. The number of nitrogens with zero attached hydrogens (tertiary/aromatic N) is 4. The molecular formula is C18H23F3N6O. The van der Waals surface area contributed by atoms with Gasteiger partial charge in [-0.1, -0.05) is 12.1 Å². The van der Waals surface area contributed by atoms with Gasteiger partial charge in [0.25, 0.3) is 0 Å². The van der Waals surface area contributed by atoms with Crippen LogP contribution in [0.2, 0.25) is 0 Å². The van der Waals surface area contributed by atoms with Gasteiger partial charge in [0.05, 0.1) is 12.1 Å². The van der Waals surface area contributed by atoms with Gasteiger partial charge in [0.1, 0.15) is 12.4 Å². The van der Waals surface area contributed by atoms with Crippen LogP contribution in [0.25, 0.3) is 0 Å². The Bertz CT molecular complexity index is 833. The minimum Gasteiger partial charge on any atom is -0.377 e. The van der Waals surface area contributed by atoms with Gasteiger partial charge in [0, 0.05) is 33.2 Å². The molecule has 7 nitrogen and oxygen atoms in total. The first-order chi connectivity index (χ1) is 13.4. The van der Waals surface area contributed by atoms with E-state index in [-0.39, 0.29) is 12.6 Å². The van der Waals surface area contributed by atoms with Crippen LogP contribution in [-0.2, 0) is 37.0 Å². The number of hydrogen-bond acceptors (Lipinski definition) is 4. The van der Waals surface area contributed by atoms with Gasteiger partial charge in [-0.15, -0.1) is 0 Å². The molecule has 0 radical (unpaired) electrons. The summed E-state index contributed by atoms with van der Waals surface area (Å²) >= 11 is 0. The van der Waals surface area contributed by atoms with Gasteiger partial charge < -0.3 is 15.4 Å². The number of methoxy groups -OCH3 is 1. The van der Waals surface area contributed by atoms with Crippen LogP contribution >= 0.6 is 0 Å². The van der Waals surface area contributed by atoms with Crippen LogP contribution in [0.4, 0.5) is 13.2 Å². The number of rotatable bonds is 5. The van der Waals surface area contributed by atoms with E-state index in [9.17, 15) is 13.2 Å². The molecule has 2 N–H and O–H groups in total. The standard InChI is InChI=1S/C18H23F3N6O/c1-22-17(23-9-12-4-3-5-13(8-12)18(19,20)21)24-14-6-7-16-25-15(11-28-2)26-27(16)10-14/h3-5,8,14H,6-7,9-11H2,1-2H3,(H2,22,23,24). The van der Waals surface area contributed by atoms with E-state index in [1.807, 2.05) is 4.68 Å². The maximum absolute atomic E-state index is 12.8. The number of ether oxygens (including phenoxy) is 1. The highest BCUT2D eigenvalue weighted by molar-refractivity contribution is 5.79. The molecule has 1 atom stereocenters. The number of aromatic nitrogens is 3. The summed E-state index contributed by atoms with van der Waals surface area (Å²) in [5.74, 6) is 2.12. The van der Waals surface area contributed by atoms with E-state index in [1.54, 1.807) is 20.2 Å². The monoisotopic (exact) mass is 396 g/mol. The molecule has 1 unspecified atom stereocenters. The summed E-state index contributed by atoms with van der Waals surface area (Å²) in [6.45, 7) is 1.25. The Morgan fingerprint density at radius 2 is 2.21 bits per heavy atom. The summed E-state index contributed by atoms with van der Waals surface area (Å²) in [5, 5.41) is 10.8. The number of guanidine groups is 1. The van der Waals surface area contributed by atoms with E-state index < -0.39 is 11.7 Å². The Morgan fingerprint density at radius 1 is 1.39 bits per heavy atom. The average molecular weight is 396 g/mol. The molecule has 0 bridgehead atoms. The molecule has 28 heavy (non-hydrogen) atoms. The Balaban J connectivity index is 1.56. The Hall–Kier alpha value is -2.62. The van der Waals surface area contributed by atoms with E-state index in [0.29, 0.717) is 30.5 Å². The first-order valence-electron chi connectivity index (χ1n) is 8.94. The van der Waals surface area contributed by atoms with Crippen molar-refractivity contribution >= 4 is 5.96 Å². The lowest BCUT2D eigenvalue weighted by Gasteiger charge is -2.25. The average Bonchev–Trinajstić information content (AvgIpc) is 3.06. The molecule has 0 saturated carbocycles. The minimum absolute atomic E-state index is 0.0947. The maximum atomic E-state index is 12.8. The SMILES string of the molecule is CN=C(NCc1cccc(C(F)(F)F)c1)NC1CCc2nc(COC)nn2C1. The second kappa shape index (κ2) is 8.59. The van der Waals surface area contributed by atoms with Gasteiger partial charge in [-0.25, -0.2) is 9.67 Å². The third-order valence-corrected chi connectivity index (χ3v) is 4.45. The molecule has 0 amide bonds. The largest absolute Gasteiger partial charge is 0.416 e. The molecule has 2 aromatic rings. The molecular weight excluding hydrogens is 373 g/mol. The van der Waals surface area contributed by atoms with Gasteiger partial charge in [-0.05, 0) is 24.1 Å². The number of halogens is 3. The summed E-state index contributed by atoms with van der Waals surface area (Å²) in [6.07, 6.45) is -2.72. The zero-order valence-electron chi connectivity index (χ0n) is 15.8. The normalized spacial score (nSPS) is 17.3. The van der Waals surface area contributed by atoms with Crippen LogP contribution in [0.3, 0.4) is 0 Å². The lowest BCUT2D eigenvalue weighted by molar-refractivity contribution is -0.137. The van der Waals surface area contributed by atoms with Crippen molar-refractivity contribution in [3.8, 4) is 0 Å². The topological polar surface area (TPSA) is 76.4 Å². The van der Waals surface area contributed by atoms with E-state index in [2.05, 4.69) is 25.7 Å². The summed E-state index contributed by atoms with van der Waals surface area (Å²) in [6, 6.07) is 5.35. The van der Waals surface area contributed by atoms with Gasteiger partial charge in [-0.3, -0.25) is 4.99 Å². The molecule has 0 fully saturated rings. The Labute approximate surface area is 161 Å². The predicted molar refractivity (Wildman–Crippen MR) is 97.6 cm³/mol. The second-order valence-electron chi connectivity index (χ2n) is 6.56. The van der Waals surface area contributed by atoms with Crippen molar-refractivity contribution in [1.82, 2.24) is 25.4 Å². The highest BCUT2D eigenvalue weighted by atomic mass is 19.4. The number of benzene rings is 1. The first kappa shape index (κ1) is 20.1. The van der Waals surface area contributed by atoms with E-state index in [0.717, 1.165) is 30.8 Å². The van der Waals surface area contributed by atoms with Crippen molar-refractivity contribution in [2.24, 2.45) is 4.99 Å². The molecule has 1 aliphatic rings. The molecule has 1 aliphatic heterocycles. The van der Waals surface area contributed by atoms with Crippen LogP contribution < -0.4 is 10.6 Å². The first-order valence-corrected chi connectivity index (χ1v) is 8.94. The quantitative estimate of drug-likeness (QED) is 0.598. The number of aryl methyl sites for hydroxylation is 1. The van der Waals surface area contributed by atoms with Gasteiger partial charge in [0.15, 0.2) is 11.8 Å². The number of aliphatic imine (C=N–C) groups is 1. The molecule has 152 valence electrons. The lowest BCUT2D eigenvalue weighted by Crippen LogP contribution is -2.46. The van der Waals surface area contributed by atoms with Gasteiger partial charge >= 0.3 is 6.18 Å². The van der Waals surface area contributed by atoms with E-state index >= 15 is 0 Å². The summed E-state index contributed by atoms with van der Waals surface area (Å²) in [7, 11) is 3.23. The summed E-state index contributed by atoms with van der Waals surface area (Å²) < 4.78 is 45.4. The highest BCUT2D eigenvalue weighted by Gasteiger charge is 2.30. The molecule has 10 heteroatoms. The predicted octanol–water partition coefficient (Wildman–Crippen LogP) is 2.12. The van der Waals surface area contributed by atoms with E-state index in [1.165, 1.54) is 6.07 Å². The molecule has 1 aromatic heterocycles. The maximum Gasteiger partial charge on any atom is 0.416 e. The van der Waals surface area contributed by atoms with Crippen LogP contribution in [0, 0.1) is 0 Å². The number of fused-ring (bicyclic) bond motifs is 1. The van der Waals surface area contributed by atoms with Crippen molar-refractivity contribution in [2.75, 3.05) is 14.2 Å². The highest BCUT2D eigenvalue weighted by Crippen LogP contribution is 2.29. The number of alkyl halides is 3. The van der Waals surface area contributed by atoms with Crippen LogP contribution in [-0.4, -0.2) is 40.9 Å². The molecule has 2 heterocycles. The minimum atomic E-state index is -4.35. The van der Waals surface area contributed by atoms with Crippen molar-refractivity contribution in [1.29, 1.82) is 0 Å². The molecule has 0 spiro atoms. The van der Waals surface area contributed by atoms with Crippen molar-refractivity contribution < 1.29 is 17.9 Å². The van der Waals surface area contributed by atoms with Crippen molar-refractivity contribution in [2.45, 2.75) is 44.8 Å². The smallest absolute Gasteiger partial charge is 0.377 e. The third-order valence-electron chi connectivity index (χ3n) is 4.45. The zero-order chi connectivity index (χ0) is 20.1. The van der Waals surface area contributed by atoms with Crippen molar-refractivity contribution in [3.05, 3.63) is 47.0 Å². The Kier molecular flexibility index (Phi) is 6.18. The number of nitrogens with one attached hydrogen (secondary N) is 2. The van der Waals surface area contributed by atoms with Crippen molar-refractivity contribution in [3.63, 3.8) is 0 Å². The van der Waals surface area contributed by atoms with E-state index in [4.69, 9.17) is 4.74 Å². The zero-order valence-corrected chi connectivity index (χ0v) is 15.8. The lowest BCUT2D eigenvalue weighted by atomic mass is 10.1. The fraction of sp³-hybridized carbons (Fsp3) is 0.500. The summed E-state index contributed by atoms with van der Waals surface area (Å²) in [4.78, 5) is 8.61. The van der Waals surface area contributed by atoms with Crippen LogP contribution in [0.5, 0.6) is 0 Å². The van der Waals surface area contributed by atoms with Crippen LogP contribution in [0.15, 0.2) is 29.3 Å².